The van der Waals surface area contributed by atoms with E-state index >= 15 is 0 Å². The molecule has 0 saturated carbocycles. The lowest BCUT2D eigenvalue weighted by Crippen LogP contribution is -2.56. The van der Waals surface area contributed by atoms with Gasteiger partial charge in [-0.1, -0.05) is 0 Å². The van der Waals surface area contributed by atoms with Crippen LogP contribution in [-0.2, 0) is 4.79 Å². The van der Waals surface area contributed by atoms with Crippen LogP contribution in [0.15, 0.2) is 5.10 Å². The number of rotatable bonds is 1. The zero-order chi connectivity index (χ0) is 12.6. The molecule has 0 spiro atoms. The number of hydrogen-bond acceptors (Lipinski definition) is 4. The molecular weight excluding hydrogens is 227 g/mol. The molecule has 16 heavy (non-hydrogen) atoms. The van der Waals surface area contributed by atoms with E-state index in [1.165, 1.54) is 13.0 Å². The van der Waals surface area contributed by atoms with Crippen molar-refractivity contribution < 1.29 is 23.1 Å². The monoisotopic (exact) mass is 235 g/mol. The van der Waals surface area contributed by atoms with E-state index in [9.17, 15) is 23.1 Å². The highest BCUT2D eigenvalue weighted by atomic mass is 19.4. The summed E-state index contributed by atoms with van der Waals surface area (Å²) in [5.74, 6) is -1.18. The Balaban J connectivity index is 3.06. The normalized spacial score (nSPS) is 25.2. The summed E-state index contributed by atoms with van der Waals surface area (Å²) in [5.41, 5.74) is -3.35. The second-order valence-electron chi connectivity index (χ2n) is 3.37. The van der Waals surface area contributed by atoms with Crippen LogP contribution in [0.1, 0.15) is 19.8 Å². The van der Waals surface area contributed by atoms with Crippen molar-refractivity contribution >= 4 is 11.6 Å². The summed E-state index contributed by atoms with van der Waals surface area (Å²) in [6.45, 7) is 1.26. The third-order valence-electron chi connectivity index (χ3n) is 2.04. The Bertz CT molecular complexity index is 385. The molecule has 0 aromatic rings. The number of halogens is 3. The van der Waals surface area contributed by atoms with Crippen molar-refractivity contribution in [1.29, 1.82) is 5.26 Å². The first-order valence-corrected chi connectivity index (χ1v) is 4.25. The van der Waals surface area contributed by atoms with Crippen LogP contribution < -0.4 is 0 Å². The van der Waals surface area contributed by atoms with E-state index in [0.29, 0.717) is 0 Å². The Labute approximate surface area is 88.8 Å². The zero-order valence-electron chi connectivity index (χ0n) is 8.25. The van der Waals surface area contributed by atoms with Gasteiger partial charge in [-0.3, -0.25) is 4.79 Å². The van der Waals surface area contributed by atoms with Gasteiger partial charge in [0, 0.05) is 12.1 Å². The maximum absolute atomic E-state index is 12.6. The van der Waals surface area contributed by atoms with Crippen LogP contribution in [0, 0.1) is 11.3 Å². The van der Waals surface area contributed by atoms with Crippen molar-refractivity contribution in [3.05, 3.63) is 0 Å². The average Bonchev–Trinajstić information content (AvgIpc) is 2.42. The number of nitriles is 1. The minimum absolute atomic E-state index is 0.0221. The van der Waals surface area contributed by atoms with Gasteiger partial charge in [0.15, 0.2) is 0 Å². The summed E-state index contributed by atoms with van der Waals surface area (Å²) < 4.78 is 37.7. The van der Waals surface area contributed by atoms with E-state index in [2.05, 4.69) is 5.10 Å². The summed E-state index contributed by atoms with van der Waals surface area (Å²) >= 11 is 0. The highest BCUT2D eigenvalue weighted by Gasteiger charge is 2.62. The fourth-order valence-electron chi connectivity index (χ4n) is 1.35. The lowest BCUT2D eigenvalue weighted by molar-refractivity contribution is -0.302. The number of amides is 1. The number of carbonyl (C=O) groups is 1. The number of alkyl halides is 3. The first kappa shape index (κ1) is 12.4. The van der Waals surface area contributed by atoms with Crippen molar-refractivity contribution in [2.75, 3.05) is 0 Å². The van der Waals surface area contributed by atoms with Crippen LogP contribution in [0.5, 0.6) is 0 Å². The van der Waals surface area contributed by atoms with E-state index in [1.807, 2.05) is 0 Å². The van der Waals surface area contributed by atoms with Gasteiger partial charge in [-0.05, 0) is 6.92 Å². The van der Waals surface area contributed by atoms with Gasteiger partial charge in [0.05, 0.1) is 6.07 Å². The van der Waals surface area contributed by atoms with E-state index < -0.39 is 30.7 Å². The molecule has 0 bridgehead atoms. The van der Waals surface area contributed by atoms with E-state index in [-0.39, 0.29) is 10.7 Å². The van der Waals surface area contributed by atoms with Crippen molar-refractivity contribution in [3.63, 3.8) is 0 Å². The number of carbonyl (C=O) groups excluding carboxylic acids is 1. The van der Waals surface area contributed by atoms with Crippen molar-refractivity contribution in [3.8, 4) is 6.07 Å². The van der Waals surface area contributed by atoms with E-state index in [4.69, 9.17) is 5.26 Å². The minimum Gasteiger partial charge on any atom is -0.362 e. The van der Waals surface area contributed by atoms with Gasteiger partial charge in [0.2, 0.25) is 0 Å². The van der Waals surface area contributed by atoms with Gasteiger partial charge in [0.1, 0.15) is 6.42 Å². The molecule has 0 radical (unpaired) electrons. The molecule has 0 fully saturated rings. The molecule has 1 amide bonds. The summed E-state index contributed by atoms with van der Waals surface area (Å²) in [6.07, 6.45) is -6.58. The maximum atomic E-state index is 12.6. The van der Waals surface area contributed by atoms with Crippen LogP contribution in [0.2, 0.25) is 0 Å². The lowest BCUT2D eigenvalue weighted by atomic mass is 10.1. The Hall–Kier alpha value is -1.62. The standard InChI is InChI=1S/C8H8F3N3O2/c1-5-4-7(16,8(9,10)11)14(13-5)6(15)2-3-12/h16H,2,4H2,1H3/t7-/m1/s1. The molecule has 0 aromatic heterocycles. The Morgan fingerprint density at radius 2 is 2.31 bits per heavy atom. The molecule has 1 N–H and O–H groups in total. The van der Waals surface area contributed by atoms with Crippen LogP contribution in [-0.4, -0.2) is 33.6 Å². The topological polar surface area (TPSA) is 76.7 Å². The van der Waals surface area contributed by atoms with Crippen molar-refractivity contribution in [2.45, 2.75) is 31.7 Å². The molecule has 1 atom stereocenters. The summed E-state index contributed by atoms with van der Waals surface area (Å²) in [7, 11) is 0. The molecular formula is C8H8F3N3O2. The number of nitrogens with zero attached hydrogens (tertiary/aromatic N) is 3. The van der Waals surface area contributed by atoms with Crippen LogP contribution in [0.25, 0.3) is 0 Å². The van der Waals surface area contributed by atoms with Gasteiger partial charge in [0.25, 0.3) is 11.6 Å². The molecule has 1 aliphatic rings. The number of hydrogen-bond donors (Lipinski definition) is 1. The van der Waals surface area contributed by atoms with Crippen LogP contribution in [0.3, 0.4) is 0 Å². The molecule has 0 unspecified atom stereocenters. The molecule has 1 aliphatic heterocycles. The molecule has 0 saturated heterocycles. The van der Waals surface area contributed by atoms with E-state index in [0.717, 1.165) is 0 Å². The Morgan fingerprint density at radius 3 is 2.75 bits per heavy atom. The van der Waals surface area contributed by atoms with Crippen LogP contribution in [0.4, 0.5) is 13.2 Å². The van der Waals surface area contributed by atoms with Gasteiger partial charge >= 0.3 is 6.18 Å². The van der Waals surface area contributed by atoms with Crippen LogP contribution >= 0.6 is 0 Å². The largest absolute Gasteiger partial charge is 0.438 e. The van der Waals surface area contributed by atoms with Gasteiger partial charge < -0.3 is 5.11 Å². The predicted molar refractivity (Wildman–Crippen MR) is 45.8 cm³/mol. The van der Waals surface area contributed by atoms with E-state index in [1.54, 1.807) is 0 Å². The number of aliphatic hydroxyl groups is 1. The molecule has 5 nitrogen and oxygen atoms in total. The summed E-state index contributed by atoms with van der Waals surface area (Å²) in [6, 6.07) is 1.41. The Morgan fingerprint density at radius 1 is 1.75 bits per heavy atom. The first-order valence-electron chi connectivity index (χ1n) is 4.25. The molecule has 0 aliphatic carbocycles. The minimum atomic E-state index is -5.01. The molecule has 1 rings (SSSR count). The molecule has 1 heterocycles. The first-order chi connectivity index (χ1) is 7.22. The fraction of sp³-hybridized carbons (Fsp3) is 0.625. The predicted octanol–water partition coefficient (Wildman–Crippen LogP) is 0.759. The highest BCUT2D eigenvalue weighted by Crippen LogP contribution is 2.40. The summed E-state index contributed by atoms with van der Waals surface area (Å²) in [4.78, 5) is 11.2. The quantitative estimate of drug-likeness (QED) is 0.728. The third-order valence-corrected chi connectivity index (χ3v) is 2.04. The lowest BCUT2D eigenvalue weighted by Gasteiger charge is -2.32. The van der Waals surface area contributed by atoms with Gasteiger partial charge in [-0.2, -0.15) is 28.5 Å². The number of hydrazone groups is 1. The van der Waals surface area contributed by atoms with Crippen molar-refractivity contribution in [2.24, 2.45) is 5.10 Å². The summed E-state index contributed by atoms with van der Waals surface area (Å²) in [5, 5.41) is 20.9. The second kappa shape index (κ2) is 3.75. The maximum Gasteiger partial charge on any atom is 0.438 e. The van der Waals surface area contributed by atoms with Gasteiger partial charge in [-0.15, -0.1) is 0 Å². The second-order valence-corrected chi connectivity index (χ2v) is 3.37. The highest BCUT2D eigenvalue weighted by molar-refractivity contribution is 5.89. The van der Waals surface area contributed by atoms with Gasteiger partial charge in [-0.25, -0.2) is 0 Å². The molecule has 8 heteroatoms. The average molecular weight is 235 g/mol. The SMILES string of the molecule is CC1=NN(C(=O)CC#N)[C@](O)(C(F)(F)F)C1. The molecule has 0 aromatic carbocycles. The third kappa shape index (κ3) is 1.86. The zero-order valence-corrected chi connectivity index (χ0v) is 8.25. The molecule has 88 valence electrons. The van der Waals surface area contributed by atoms with Crippen molar-refractivity contribution in [1.82, 2.24) is 5.01 Å². The fourth-order valence-corrected chi connectivity index (χ4v) is 1.35. The smallest absolute Gasteiger partial charge is 0.362 e. The Kier molecular flexibility index (Phi) is 2.92.